The van der Waals surface area contributed by atoms with Crippen molar-refractivity contribution in [2.45, 2.75) is 44.9 Å². The fraction of sp³-hybridized carbons (Fsp3) is 1.00. The summed E-state index contributed by atoms with van der Waals surface area (Å²) in [6.45, 7) is 6.47. The van der Waals surface area contributed by atoms with E-state index in [0.29, 0.717) is 5.41 Å². The summed E-state index contributed by atoms with van der Waals surface area (Å²) < 4.78 is 0. The van der Waals surface area contributed by atoms with E-state index >= 15 is 0 Å². The molecule has 118 valence electrons. The van der Waals surface area contributed by atoms with E-state index in [1.165, 1.54) is 77.7 Å². The van der Waals surface area contributed by atoms with E-state index in [-0.39, 0.29) is 0 Å². The number of likely N-dealkylation sites (tertiary alicyclic amines) is 1. The summed E-state index contributed by atoms with van der Waals surface area (Å²) in [6.07, 6.45) is 10.0. The Labute approximate surface area is 126 Å². The molecule has 1 saturated carbocycles. The highest BCUT2D eigenvalue weighted by atomic mass is 15.1. The van der Waals surface area contributed by atoms with Crippen molar-refractivity contribution >= 4 is 0 Å². The number of hydrogen-bond acceptors (Lipinski definition) is 3. The average Bonchev–Trinajstić information content (AvgIpc) is 2.42. The molecule has 1 aliphatic carbocycles. The lowest BCUT2D eigenvalue weighted by atomic mass is 9.73. The van der Waals surface area contributed by atoms with Crippen molar-refractivity contribution in [1.29, 1.82) is 0 Å². The van der Waals surface area contributed by atoms with Crippen LogP contribution in [0.2, 0.25) is 0 Å². The molecule has 1 saturated heterocycles. The van der Waals surface area contributed by atoms with Gasteiger partial charge in [-0.25, -0.2) is 0 Å². The van der Waals surface area contributed by atoms with Gasteiger partial charge >= 0.3 is 0 Å². The molecule has 0 atom stereocenters. The second kappa shape index (κ2) is 7.77. The summed E-state index contributed by atoms with van der Waals surface area (Å²) in [7, 11) is 6.53. The topological polar surface area (TPSA) is 18.5 Å². The van der Waals surface area contributed by atoms with Crippen molar-refractivity contribution in [3.8, 4) is 0 Å². The monoisotopic (exact) mass is 281 g/mol. The fourth-order valence-corrected chi connectivity index (χ4v) is 4.39. The third-order valence-corrected chi connectivity index (χ3v) is 5.36. The highest BCUT2D eigenvalue weighted by molar-refractivity contribution is 4.89. The van der Waals surface area contributed by atoms with Gasteiger partial charge < -0.3 is 15.1 Å². The molecule has 0 spiro atoms. The summed E-state index contributed by atoms with van der Waals surface area (Å²) in [5.74, 6) is 0.924. The molecular weight excluding hydrogens is 246 g/mol. The van der Waals surface area contributed by atoms with Gasteiger partial charge in [0.15, 0.2) is 0 Å². The van der Waals surface area contributed by atoms with Crippen LogP contribution in [0, 0.1) is 11.3 Å². The SMILES string of the molecule is CNCC1(CN2CCC(CN(C)C)CC2)CCCCC1. The summed E-state index contributed by atoms with van der Waals surface area (Å²) >= 11 is 0. The summed E-state index contributed by atoms with van der Waals surface area (Å²) in [4.78, 5) is 5.11. The third kappa shape index (κ3) is 4.71. The number of rotatable bonds is 6. The van der Waals surface area contributed by atoms with E-state index in [0.717, 1.165) is 5.92 Å². The molecule has 0 bridgehead atoms. The largest absolute Gasteiger partial charge is 0.319 e. The second-order valence-corrected chi connectivity index (χ2v) is 7.57. The predicted molar refractivity (Wildman–Crippen MR) is 87.2 cm³/mol. The zero-order valence-electron chi connectivity index (χ0n) is 14.0. The molecule has 2 aliphatic rings. The Morgan fingerprint density at radius 2 is 1.75 bits per heavy atom. The van der Waals surface area contributed by atoms with Crippen LogP contribution in [0.5, 0.6) is 0 Å². The molecule has 1 heterocycles. The molecule has 1 N–H and O–H groups in total. The lowest BCUT2D eigenvalue weighted by Crippen LogP contribution is -2.47. The van der Waals surface area contributed by atoms with Gasteiger partial charge in [0.2, 0.25) is 0 Å². The first-order chi connectivity index (χ1) is 9.63. The van der Waals surface area contributed by atoms with Gasteiger partial charge in [-0.2, -0.15) is 0 Å². The van der Waals surface area contributed by atoms with Crippen LogP contribution in [0.15, 0.2) is 0 Å². The van der Waals surface area contributed by atoms with Gasteiger partial charge in [0.25, 0.3) is 0 Å². The van der Waals surface area contributed by atoms with Gasteiger partial charge in [-0.1, -0.05) is 19.3 Å². The quantitative estimate of drug-likeness (QED) is 0.807. The molecule has 2 rings (SSSR count). The van der Waals surface area contributed by atoms with Crippen molar-refractivity contribution in [2.24, 2.45) is 11.3 Å². The minimum atomic E-state index is 0.571. The van der Waals surface area contributed by atoms with Crippen molar-refractivity contribution in [2.75, 3.05) is 53.9 Å². The maximum Gasteiger partial charge on any atom is 0.00501 e. The molecule has 20 heavy (non-hydrogen) atoms. The Hall–Kier alpha value is -0.120. The molecule has 0 aromatic heterocycles. The zero-order chi connectivity index (χ0) is 14.4. The van der Waals surface area contributed by atoms with Crippen LogP contribution in [0.4, 0.5) is 0 Å². The second-order valence-electron chi connectivity index (χ2n) is 7.57. The van der Waals surface area contributed by atoms with E-state index in [1.54, 1.807) is 0 Å². The van der Waals surface area contributed by atoms with Crippen LogP contribution in [-0.2, 0) is 0 Å². The van der Waals surface area contributed by atoms with Crippen molar-refractivity contribution < 1.29 is 0 Å². The van der Waals surface area contributed by atoms with Crippen LogP contribution >= 0.6 is 0 Å². The number of nitrogens with zero attached hydrogens (tertiary/aromatic N) is 2. The summed E-state index contributed by atoms with van der Waals surface area (Å²) in [6, 6.07) is 0. The molecule has 0 aromatic rings. The normalized spacial score (nSPS) is 25.2. The van der Waals surface area contributed by atoms with Crippen LogP contribution in [-0.4, -0.2) is 63.7 Å². The highest BCUT2D eigenvalue weighted by Gasteiger charge is 2.34. The Morgan fingerprint density at radius 1 is 1.10 bits per heavy atom. The summed E-state index contributed by atoms with van der Waals surface area (Å²) in [5.41, 5.74) is 0.571. The molecular formula is C17H35N3. The molecule has 0 amide bonds. The highest BCUT2D eigenvalue weighted by Crippen LogP contribution is 2.37. The third-order valence-electron chi connectivity index (χ3n) is 5.36. The van der Waals surface area contributed by atoms with Gasteiger partial charge in [0.05, 0.1) is 0 Å². The standard InChI is InChI=1S/C17H35N3/c1-18-14-17(9-5-4-6-10-17)15-20-11-7-16(8-12-20)13-19(2)3/h16,18H,4-15H2,1-3H3. The Bertz CT molecular complexity index is 258. The number of hydrogen-bond donors (Lipinski definition) is 1. The molecule has 3 nitrogen and oxygen atoms in total. The van der Waals surface area contributed by atoms with Gasteiger partial charge in [-0.05, 0) is 71.2 Å². The van der Waals surface area contributed by atoms with E-state index in [9.17, 15) is 0 Å². The molecule has 1 aliphatic heterocycles. The maximum atomic E-state index is 3.47. The van der Waals surface area contributed by atoms with Crippen molar-refractivity contribution in [1.82, 2.24) is 15.1 Å². The first kappa shape index (κ1) is 16.3. The van der Waals surface area contributed by atoms with E-state index in [2.05, 4.69) is 36.3 Å². The Morgan fingerprint density at radius 3 is 2.30 bits per heavy atom. The maximum absolute atomic E-state index is 3.47. The van der Waals surface area contributed by atoms with Crippen LogP contribution in [0.1, 0.15) is 44.9 Å². The van der Waals surface area contributed by atoms with E-state index in [4.69, 9.17) is 0 Å². The van der Waals surface area contributed by atoms with Gasteiger partial charge in [0, 0.05) is 19.6 Å². The number of piperidine rings is 1. The minimum absolute atomic E-state index is 0.571. The van der Waals surface area contributed by atoms with Gasteiger partial charge in [-0.15, -0.1) is 0 Å². The molecule has 0 unspecified atom stereocenters. The Balaban J connectivity index is 1.80. The summed E-state index contributed by atoms with van der Waals surface area (Å²) in [5, 5.41) is 3.47. The van der Waals surface area contributed by atoms with Gasteiger partial charge in [-0.3, -0.25) is 0 Å². The number of nitrogens with one attached hydrogen (secondary N) is 1. The lowest BCUT2D eigenvalue weighted by Gasteiger charge is -2.43. The molecule has 0 aromatic carbocycles. The molecule has 0 radical (unpaired) electrons. The predicted octanol–water partition coefficient (Wildman–Crippen LogP) is 2.43. The Kier molecular flexibility index (Phi) is 6.31. The van der Waals surface area contributed by atoms with Crippen LogP contribution in [0.3, 0.4) is 0 Å². The minimum Gasteiger partial charge on any atom is -0.319 e. The average molecular weight is 281 g/mol. The van der Waals surface area contributed by atoms with Crippen LogP contribution in [0.25, 0.3) is 0 Å². The van der Waals surface area contributed by atoms with E-state index in [1.807, 2.05) is 0 Å². The first-order valence-corrected chi connectivity index (χ1v) is 8.65. The van der Waals surface area contributed by atoms with E-state index < -0.39 is 0 Å². The first-order valence-electron chi connectivity index (χ1n) is 8.65. The van der Waals surface area contributed by atoms with Crippen molar-refractivity contribution in [3.05, 3.63) is 0 Å². The van der Waals surface area contributed by atoms with Crippen LogP contribution < -0.4 is 5.32 Å². The fourth-order valence-electron chi connectivity index (χ4n) is 4.39. The smallest absolute Gasteiger partial charge is 0.00501 e. The zero-order valence-corrected chi connectivity index (χ0v) is 14.0. The molecule has 3 heteroatoms. The lowest BCUT2D eigenvalue weighted by molar-refractivity contribution is 0.0748. The molecule has 2 fully saturated rings. The van der Waals surface area contributed by atoms with Gasteiger partial charge in [0.1, 0.15) is 0 Å². The van der Waals surface area contributed by atoms with Crippen molar-refractivity contribution in [3.63, 3.8) is 0 Å².